The Morgan fingerprint density at radius 3 is 2.44 bits per heavy atom. The molecule has 3 rings (SSSR count). The number of carbonyl (C=O) groups excluding carboxylic acids is 2. The molecule has 2 fully saturated rings. The fourth-order valence-corrected chi connectivity index (χ4v) is 6.28. The first kappa shape index (κ1) is 19.0. The second-order valence-electron chi connectivity index (χ2n) is 10.2. The van der Waals surface area contributed by atoms with Gasteiger partial charge in [-0.1, -0.05) is 33.3 Å². The maximum atomic E-state index is 12.6. The van der Waals surface area contributed by atoms with E-state index in [4.69, 9.17) is 4.43 Å². The number of hydrogen-bond donors (Lipinski definition) is 0. The Morgan fingerprint density at radius 2 is 1.80 bits per heavy atom. The molecular formula is C21H34O3Si. The van der Waals surface area contributed by atoms with Crippen LogP contribution in [0.1, 0.15) is 66.2 Å². The van der Waals surface area contributed by atoms with Crippen LogP contribution in [0.5, 0.6) is 0 Å². The van der Waals surface area contributed by atoms with Crippen LogP contribution in [0.15, 0.2) is 11.6 Å². The molecule has 25 heavy (non-hydrogen) atoms. The smallest absolute Gasteiger partial charge is 0.192 e. The molecule has 3 aliphatic rings. The highest BCUT2D eigenvalue weighted by Crippen LogP contribution is 2.57. The zero-order valence-corrected chi connectivity index (χ0v) is 17.8. The molecule has 3 unspecified atom stereocenters. The average Bonchev–Trinajstić information content (AvgIpc) is 2.54. The Morgan fingerprint density at radius 1 is 1.16 bits per heavy atom. The maximum absolute atomic E-state index is 12.6. The van der Waals surface area contributed by atoms with Crippen molar-refractivity contribution in [2.45, 2.75) is 90.5 Å². The summed E-state index contributed by atoms with van der Waals surface area (Å²) in [4.78, 5) is 24.9. The van der Waals surface area contributed by atoms with Crippen LogP contribution in [0.2, 0.25) is 18.1 Å². The molecule has 0 amide bonds. The fourth-order valence-electron chi connectivity index (χ4n) is 4.87. The summed E-state index contributed by atoms with van der Waals surface area (Å²) in [7, 11) is -1.95. The second kappa shape index (κ2) is 6.16. The highest BCUT2D eigenvalue weighted by molar-refractivity contribution is 6.74. The third-order valence-electron chi connectivity index (χ3n) is 7.40. The summed E-state index contributed by atoms with van der Waals surface area (Å²) in [5.41, 5.74) is 0.991. The lowest BCUT2D eigenvalue weighted by atomic mass is 9.57. The van der Waals surface area contributed by atoms with E-state index in [1.807, 2.05) is 13.0 Å². The van der Waals surface area contributed by atoms with E-state index in [1.165, 1.54) is 5.57 Å². The van der Waals surface area contributed by atoms with Crippen LogP contribution in [0.4, 0.5) is 0 Å². The zero-order valence-electron chi connectivity index (χ0n) is 16.8. The molecule has 3 aliphatic carbocycles. The summed E-state index contributed by atoms with van der Waals surface area (Å²) >= 11 is 0. The van der Waals surface area contributed by atoms with E-state index in [-0.39, 0.29) is 28.3 Å². The van der Waals surface area contributed by atoms with Crippen LogP contribution in [-0.4, -0.2) is 26.0 Å². The van der Waals surface area contributed by atoms with Crippen LogP contribution < -0.4 is 0 Å². The van der Waals surface area contributed by atoms with Gasteiger partial charge < -0.3 is 4.43 Å². The van der Waals surface area contributed by atoms with Gasteiger partial charge in [0, 0.05) is 24.2 Å². The highest BCUT2D eigenvalue weighted by Gasteiger charge is 2.56. The molecule has 0 aromatic carbocycles. The first-order valence-corrected chi connectivity index (χ1v) is 12.8. The molecule has 0 radical (unpaired) electrons. The van der Waals surface area contributed by atoms with Gasteiger partial charge in [0.2, 0.25) is 0 Å². The summed E-state index contributed by atoms with van der Waals surface area (Å²) in [5.74, 6) is 1.06. The molecule has 0 aliphatic heterocycles. The van der Waals surface area contributed by atoms with Crippen molar-refractivity contribution in [1.82, 2.24) is 0 Å². The maximum Gasteiger partial charge on any atom is 0.192 e. The lowest BCUT2D eigenvalue weighted by molar-refractivity contribution is -0.126. The summed E-state index contributed by atoms with van der Waals surface area (Å²) in [6.45, 7) is 13.5. The monoisotopic (exact) mass is 362 g/mol. The van der Waals surface area contributed by atoms with Crippen molar-refractivity contribution in [2.75, 3.05) is 0 Å². The predicted octanol–water partition coefficient (Wildman–Crippen LogP) is 5.06. The molecule has 4 heteroatoms. The van der Waals surface area contributed by atoms with Gasteiger partial charge in [-0.05, 0) is 55.8 Å². The fraction of sp³-hybridized carbons (Fsp3) is 0.810. The third kappa shape index (κ3) is 3.21. The van der Waals surface area contributed by atoms with Gasteiger partial charge in [-0.3, -0.25) is 9.59 Å². The van der Waals surface area contributed by atoms with E-state index in [0.29, 0.717) is 24.5 Å². The SMILES string of the molecule is C[C@@H]1CC23CC(=O)CCC(CCC2=CC1=O)C3O[Si](C)(C)C(C)(C)C. The summed E-state index contributed by atoms with van der Waals surface area (Å²) in [5, 5.41) is 0.147. The summed E-state index contributed by atoms with van der Waals surface area (Å²) in [6.07, 6.45) is 7.01. The summed E-state index contributed by atoms with van der Waals surface area (Å²) < 4.78 is 7.02. The Hall–Kier alpha value is -0.743. The number of ketones is 2. The van der Waals surface area contributed by atoms with Crippen molar-refractivity contribution in [2.24, 2.45) is 17.3 Å². The average molecular weight is 363 g/mol. The zero-order chi connectivity index (χ0) is 18.6. The minimum absolute atomic E-state index is 0.00100. The topological polar surface area (TPSA) is 43.4 Å². The van der Waals surface area contributed by atoms with Gasteiger partial charge in [-0.25, -0.2) is 0 Å². The van der Waals surface area contributed by atoms with Crippen molar-refractivity contribution in [3.63, 3.8) is 0 Å². The van der Waals surface area contributed by atoms with Gasteiger partial charge in [-0.15, -0.1) is 0 Å². The number of Topliss-reactive ketones (excluding diaryl/α,β-unsaturated/α-hetero) is 1. The highest BCUT2D eigenvalue weighted by atomic mass is 28.4. The lowest BCUT2D eigenvalue weighted by Crippen LogP contribution is -2.55. The van der Waals surface area contributed by atoms with E-state index in [2.05, 4.69) is 33.9 Å². The van der Waals surface area contributed by atoms with Gasteiger partial charge in [0.05, 0.1) is 6.10 Å². The van der Waals surface area contributed by atoms with Gasteiger partial charge in [-0.2, -0.15) is 0 Å². The Kier molecular flexibility index (Phi) is 4.69. The van der Waals surface area contributed by atoms with Crippen LogP contribution in [0, 0.1) is 17.3 Å². The van der Waals surface area contributed by atoms with Gasteiger partial charge in [0.15, 0.2) is 14.1 Å². The number of fused-ring (bicyclic) bond motifs is 1. The normalized spacial score (nSPS) is 36.6. The number of rotatable bonds is 2. The Balaban J connectivity index is 2.07. The Bertz CT molecular complexity index is 613. The van der Waals surface area contributed by atoms with Crippen molar-refractivity contribution in [3.8, 4) is 0 Å². The van der Waals surface area contributed by atoms with Gasteiger partial charge in [0.25, 0.3) is 0 Å². The molecule has 0 aromatic rings. The number of hydrogen-bond acceptors (Lipinski definition) is 3. The van der Waals surface area contributed by atoms with E-state index >= 15 is 0 Å². The molecule has 0 N–H and O–H groups in total. The van der Waals surface area contributed by atoms with E-state index in [1.54, 1.807) is 0 Å². The van der Waals surface area contributed by atoms with Crippen molar-refractivity contribution in [3.05, 3.63) is 11.6 Å². The van der Waals surface area contributed by atoms with Crippen molar-refractivity contribution in [1.29, 1.82) is 0 Å². The van der Waals surface area contributed by atoms with Gasteiger partial charge in [0.1, 0.15) is 5.78 Å². The standard InChI is InChI=1S/C21H34O3Si/c1-14-12-21-13-17(22)10-8-15(7-9-16(21)11-18(14)23)19(21)24-25(5,6)20(2,3)4/h11,14-15,19H,7-10,12-13H2,1-6H3/t14-,15?,19?,21?/m1/s1. The Labute approximate surface area is 153 Å². The minimum atomic E-state index is -1.95. The largest absolute Gasteiger partial charge is 0.413 e. The molecule has 2 saturated carbocycles. The van der Waals surface area contributed by atoms with Crippen LogP contribution in [-0.2, 0) is 14.0 Å². The molecule has 3 nitrogen and oxygen atoms in total. The third-order valence-corrected chi connectivity index (χ3v) is 11.9. The predicted molar refractivity (Wildman–Crippen MR) is 103 cm³/mol. The molecule has 4 atom stereocenters. The van der Waals surface area contributed by atoms with Crippen molar-refractivity contribution < 1.29 is 14.0 Å². The van der Waals surface area contributed by atoms with Crippen LogP contribution >= 0.6 is 0 Å². The van der Waals surface area contributed by atoms with Crippen molar-refractivity contribution >= 4 is 19.9 Å². The molecule has 0 saturated heterocycles. The minimum Gasteiger partial charge on any atom is -0.413 e. The van der Waals surface area contributed by atoms with E-state index in [0.717, 1.165) is 25.7 Å². The number of carbonyl (C=O) groups is 2. The molecule has 0 aromatic heterocycles. The second-order valence-corrected chi connectivity index (χ2v) is 14.9. The molecule has 1 spiro atoms. The van der Waals surface area contributed by atoms with E-state index < -0.39 is 8.32 Å². The summed E-state index contributed by atoms with van der Waals surface area (Å²) in [6, 6.07) is 0. The first-order chi connectivity index (χ1) is 11.5. The quantitative estimate of drug-likeness (QED) is 0.645. The molecule has 0 heterocycles. The lowest BCUT2D eigenvalue weighted by Gasteiger charge is -2.54. The number of allylic oxidation sites excluding steroid dienone is 1. The van der Waals surface area contributed by atoms with Crippen LogP contribution in [0.3, 0.4) is 0 Å². The van der Waals surface area contributed by atoms with Gasteiger partial charge >= 0.3 is 0 Å². The first-order valence-electron chi connectivity index (χ1n) is 9.91. The van der Waals surface area contributed by atoms with E-state index in [9.17, 15) is 9.59 Å². The molecule has 2 bridgehead atoms. The molecule has 140 valence electrons. The molecular weight excluding hydrogens is 328 g/mol. The van der Waals surface area contributed by atoms with Crippen LogP contribution in [0.25, 0.3) is 0 Å².